The summed E-state index contributed by atoms with van der Waals surface area (Å²) in [6.07, 6.45) is 3.60. The van der Waals surface area contributed by atoms with E-state index in [4.69, 9.17) is 14.7 Å². The summed E-state index contributed by atoms with van der Waals surface area (Å²) in [5.74, 6) is 0.0626. The van der Waals surface area contributed by atoms with Gasteiger partial charge in [0, 0.05) is 50.7 Å². The van der Waals surface area contributed by atoms with Crippen molar-refractivity contribution in [2.24, 2.45) is 0 Å². The summed E-state index contributed by atoms with van der Waals surface area (Å²) in [5.41, 5.74) is 3.19. The predicted octanol–water partition coefficient (Wildman–Crippen LogP) is 2.12. The van der Waals surface area contributed by atoms with Gasteiger partial charge in [0.1, 0.15) is 0 Å². The van der Waals surface area contributed by atoms with E-state index in [1.54, 1.807) is 36.7 Å². The van der Waals surface area contributed by atoms with Gasteiger partial charge in [-0.1, -0.05) is 36.4 Å². The first kappa shape index (κ1) is 31.8. The van der Waals surface area contributed by atoms with Crippen molar-refractivity contribution in [2.45, 2.75) is 0 Å². The number of aliphatic hydroxyl groups is 1. The van der Waals surface area contributed by atoms with Crippen LogP contribution < -0.4 is 5.21 Å². The maximum absolute atomic E-state index is 11.1. The van der Waals surface area contributed by atoms with Crippen LogP contribution in [-0.2, 0) is 34.7 Å². The molecule has 11 nitrogen and oxygen atoms in total. The standard InChI is InChI=1S/C12H8N2.C9H8N4O2.CH4O.2CHO.Re/c1-3-9-5-6-10-4-2-8-14-12(10)11(9)13-7-1;1-15-9(14)7-4-2-6(3-5-7)8-10-12-13-11-8;3*1-2;/h1-8H;2-5H,1H3,(H,10,11,12,13,14);2H,1H3;2*1H;/q;;;2*-1;/p-1. The molecule has 3 heterocycles. The van der Waals surface area contributed by atoms with E-state index < -0.39 is 0 Å². The quantitative estimate of drug-likeness (QED) is 0.128. The number of fused-ring (bicyclic) bond motifs is 3. The second kappa shape index (κ2) is 18.1. The van der Waals surface area contributed by atoms with Gasteiger partial charge in [-0.15, -0.1) is 0 Å². The molecule has 3 aromatic heterocycles. The first-order chi connectivity index (χ1) is 17.3. The van der Waals surface area contributed by atoms with Gasteiger partial charge in [-0.25, -0.2) is 9.89 Å². The summed E-state index contributed by atoms with van der Waals surface area (Å²) in [5, 5.41) is 23.4. The van der Waals surface area contributed by atoms with Crippen LogP contribution in [0.1, 0.15) is 10.4 Å². The summed E-state index contributed by atoms with van der Waals surface area (Å²) < 4.78 is 4.57. The van der Waals surface area contributed by atoms with E-state index in [1.807, 2.05) is 12.1 Å². The van der Waals surface area contributed by atoms with E-state index in [9.17, 15) is 4.79 Å². The molecular formula is C24H21N6O5Re-3. The van der Waals surface area contributed by atoms with E-state index in [-0.39, 0.29) is 26.4 Å². The number of aromatic nitrogens is 6. The smallest absolute Gasteiger partial charge is 0.337 e. The second-order valence-corrected chi connectivity index (χ2v) is 5.99. The van der Waals surface area contributed by atoms with Gasteiger partial charge >= 0.3 is 5.97 Å². The SMILES string of the molecule is CO.COC(=O)c1ccc(-c2nn[n-]n2)cc1.[CH-]=O.[CH-]=O.[Re].c1cnc2c(c1)ccc1cccnc12. The van der Waals surface area contributed by atoms with Crippen molar-refractivity contribution >= 4 is 41.4 Å². The monoisotopic (exact) mass is 660 g/mol. The third kappa shape index (κ3) is 8.52. The third-order valence-corrected chi connectivity index (χ3v) is 4.23. The molecule has 0 bridgehead atoms. The first-order valence-corrected chi connectivity index (χ1v) is 9.64. The number of hydrogen-bond acceptors (Lipinski definition) is 10. The Morgan fingerprint density at radius 2 is 1.33 bits per heavy atom. The number of ether oxygens (including phenoxy) is 1. The average Bonchev–Trinajstić information content (AvgIpc) is 3.51. The molecule has 0 aliphatic carbocycles. The molecule has 2 aromatic carbocycles. The van der Waals surface area contributed by atoms with Crippen molar-refractivity contribution < 1.29 is 44.6 Å². The van der Waals surface area contributed by atoms with Gasteiger partial charge in [0.25, 0.3) is 0 Å². The zero-order valence-electron chi connectivity index (χ0n) is 19.2. The van der Waals surface area contributed by atoms with E-state index in [1.165, 1.54) is 7.11 Å². The fourth-order valence-corrected chi connectivity index (χ4v) is 2.81. The Morgan fingerprint density at radius 1 is 0.833 bits per heavy atom. The molecule has 12 heteroatoms. The van der Waals surface area contributed by atoms with Gasteiger partial charge in [-0.05, 0) is 29.8 Å². The number of benzene rings is 2. The molecule has 0 saturated carbocycles. The topological polar surface area (TPSA) is 159 Å². The number of esters is 1. The second-order valence-electron chi connectivity index (χ2n) is 5.99. The van der Waals surface area contributed by atoms with Crippen molar-refractivity contribution in [1.29, 1.82) is 0 Å². The fraction of sp³-hybridized carbons (Fsp3) is 0.0833. The van der Waals surface area contributed by atoms with Gasteiger partial charge in [0.05, 0.1) is 29.5 Å². The minimum Gasteiger partial charge on any atom is -0.545 e. The normalized spacial score (nSPS) is 8.75. The molecule has 36 heavy (non-hydrogen) atoms. The summed E-state index contributed by atoms with van der Waals surface area (Å²) in [6.45, 7) is 6.50. The number of methoxy groups -OCH3 is 1. The number of nitrogens with zero attached hydrogens (tertiary/aromatic N) is 6. The molecule has 1 radical (unpaired) electrons. The third-order valence-electron chi connectivity index (χ3n) is 4.23. The Labute approximate surface area is 220 Å². The Kier molecular flexibility index (Phi) is 16.0. The molecular weight excluding hydrogens is 639 g/mol. The van der Waals surface area contributed by atoms with Crippen LogP contribution in [-0.4, -0.2) is 64.3 Å². The number of tetrazole rings is 1. The minimum atomic E-state index is -0.374. The van der Waals surface area contributed by atoms with E-state index in [0.717, 1.165) is 34.5 Å². The van der Waals surface area contributed by atoms with Gasteiger partial charge in [-0.2, -0.15) is 0 Å². The van der Waals surface area contributed by atoms with Crippen LogP contribution in [0.4, 0.5) is 0 Å². The van der Waals surface area contributed by atoms with Crippen LogP contribution in [0.2, 0.25) is 0 Å². The molecule has 1 N–H and O–H groups in total. The molecule has 0 fully saturated rings. The first-order valence-electron chi connectivity index (χ1n) is 9.64. The molecule has 0 unspecified atom stereocenters. The van der Waals surface area contributed by atoms with Crippen molar-refractivity contribution in [3.05, 3.63) is 78.6 Å². The molecule has 0 spiro atoms. The molecule has 0 aliphatic rings. The van der Waals surface area contributed by atoms with Crippen molar-refractivity contribution in [3.8, 4) is 11.4 Å². The van der Waals surface area contributed by atoms with Crippen molar-refractivity contribution in [3.63, 3.8) is 0 Å². The van der Waals surface area contributed by atoms with Crippen molar-refractivity contribution in [1.82, 2.24) is 30.6 Å². The summed E-state index contributed by atoms with van der Waals surface area (Å²) in [6, 6.07) is 18.8. The van der Waals surface area contributed by atoms with E-state index >= 15 is 0 Å². The van der Waals surface area contributed by atoms with Crippen LogP contribution in [0.25, 0.3) is 33.2 Å². The Bertz CT molecular complexity index is 1250. The van der Waals surface area contributed by atoms with Crippen LogP contribution >= 0.6 is 0 Å². The molecule has 0 atom stereocenters. The molecule has 187 valence electrons. The number of hydrogen-bond donors (Lipinski definition) is 1. The number of carbonyl (C=O) groups excluding carboxylic acids is 3. The van der Waals surface area contributed by atoms with Crippen LogP contribution in [0.15, 0.2) is 73.1 Å². The van der Waals surface area contributed by atoms with Gasteiger partial charge in [0.15, 0.2) is 0 Å². The maximum atomic E-state index is 11.1. The number of carbonyl (C=O) groups is 1. The molecule has 0 aliphatic heterocycles. The molecule has 5 aromatic rings. The fourth-order valence-electron chi connectivity index (χ4n) is 2.81. The summed E-state index contributed by atoms with van der Waals surface area (Å²) in [4.78, 5) is 35.3. The predicted molar refractivity (Wildman–Crippen MR) is 129 cm³/mol. The van der Waals surface area contributed by atoms with Crippen LogP contribution in [0, 0.1) is 0 Å². The minimum absolute atomic E-state index is 0. The number of aliphatic hydroxyl groups excluding tert-OH is 1. The Morgan fingerprint density at radius 3 is 1.75 bits per heavy atom. The molecule has 5 rings (SSSR count). The van der Waals surface area contributed by atoms with E-state index in [0.29, 0.717) is 11.4 Å². The summed E-state index contributed by atoms with van der Waals surface area (Å²) in [7, 11) is 2.34. The van der Waals surface area contributed by atoms with Crippen molar-refractivity contribution in [2.75, 3.05) is 14.2 Å². The van der Waals surface area contributed by atoms with Gasteiger partial charge in [0.2, 0.25) is 0 Å². The van der Waals surface area contributed by atoms with Gasteiger partial charge < -0.3 is 24.5 Å². The summed E-state index contributed by atoms with van der Waals surface area (Å²) >= 11 is 0. The molecule has 0 amide bonds. The average molecular weight is 660 g/mol. The molecule has 0 saturated heterocycles. The number of rotatable bonds is 2. The van der Waals surface area contributed by atoms with Gasteiger partial charge in [-0.3, -0.25) is 34.0 Å². The Hall–Kier alpha value is -4.24. The van der Waals surface area contributed by atoms with Crippen LogP contribution in [0.5, 0.6) is 0 Å². The largest absolute Gasteiger partial charge is 0.545 e. The number of pyridine rings is 2. The van der Waals surface area contributed by atoms with E-state index in [2.05, 4.69) is 73.2 Å². The zero-order valence-corrected chi connectivity index (χ0v) is 21.9. The maximum Gasteiger partial charge on any atom is 0.337 e. The Balaban J connectivity index is 0.000000552. The zero-order chi connectivity index (χ0) is 26.1. The van der Waals surface area contributed by atoms with Crippen LogP contribution in [0.3, 0.4) is 0 Å².